The Kier molecular flexibility index (Phi) is 8.61. The number of rotatable bonds is 10. The van der Waals surface area contributed by atoms with Gasteiger partial charge < -0.3 is 24.6 Å². The van der Waals surface area contributed by atoms with Crippen LogP contribution in [0.5, 0.6) is 5.75 Å². The van der Waals surface area contributed by atoms with Gasteiger partial charge >= 0.3 is 11.9 Å². The van der Waals surface area contributed by atoms with Crippen LogP contribution in [0.4, 0.5) is 5.69 Å². The number of nitrogens with one attached hydrogen (secondary N) is 1. The van der Waals surface area contributed by atoms with Gasteiger partial charge in [-0.05, 0) is 61.5 Å². The Morgan fingerprint density at radius 1 is 1.09 bits per heavy atom. The molecule has 0 bridgehead atoms. The highest BCUT2D eigenvalue weighted by molar-refractivity contribution is 7.80. The molecule has 0 radical (unpaired) electrons. The second-order valence-electron chi connectivity index (χ2n) is 7.75. The van der Waals surface area contributed by atoms with Gasteiger partial charge in [0.2, 0.25) is 0 Å². The maximum absolute atomic E-state index is 13.2. The van der Waals surface area contributed by atoms with Crippen molar-refractivity contribution in [3.05, 3.63) is 70.9 Å². The standard InChI is InChI=1S/C25H28N2O6S/c1-16-5-4-6-19(15-16)27-17(2)22(24(30)33-14-13-31-3)23(26-25(27)34)18-7-9-20(10-8-18)32-12-11-21(28)29/h4-10,15,23H,11-14H2,1-3H3,(H,26,34)(H,28,29)/t23-/m0/s1. The number of hydrogen-bond donors (Lipinski definition) is 2. The average molecular weight is 485 g/mol. The predicted octanol–water partition coefficient (Wildman–Crippen LogP) is 3.75. The van der Waals surface area contributed by atoms with Gasteiger partial charge in [-0.2, -0.15) is 0 Å². The maximum atomic E-state index is 13.2. The third-order valence-electron chi connectivity index (χ3n) is 5.28. The zero-order chi connectivity index (χ0) is 24.7. The number of nitrogens with zero attached hydrogens (tertiary/aromatic N) is 1. The van der Waals surface area contributed by atoms with Crippen LogP contribution >= 0.6 is 12.2 Å². The van der Waals surface area contributed by atoms with E-state index in [9.17, 15) is 9.59 Å². The quantitative estimate of drug-likeness (QED) is 0.297. The lowest BCUT2D eigenvalue weighted by molar-refractivity contribution is -0.141. The Morgan fingerprint density at radius 2 is 1.82 bits per heavy atom. The molecule has 0 amide bonds. The molecule has 0 unspecified atom stereocenters. The van der Waals surface area contributed by atoms with Crippen LogP contribution in [0.3, 0.4) is 0 Å². The van der Waals surface area contributed by atoms with Gasteiger partial charge in [0.05, 0.1) is 31.2 Å². The minimum atomic E-state index is -0.924. The largest absolute Gasteiger partial charge is 0.493 e. The number of aliphatic carboxylic acids is 1. The third-order valence-corrected chi connectivity index (χ3v) is 5.58. The van der Waals surface area contributed by atoms with Gasteiger partial charge in [-0.3, -0.25) is 9.69 Å². The molecule has 0 aliphatic carbocycles. The highest BCUT2D eigenvalue weighted by Gasteiger charge is 2.35. The number of carbonyl (C=O) groups excluding carboxylic acids is 1. The first-order valence-corrected chi connectivity index (χ1v) is 11.2. The van der Waals surface area contributed by atoms with Crippen LogP contribution < -0.4 is 15.0 Å². The second-order valence-corrected chi connectivity index (χ2v) is 8.13. The summed E-state index contributed by atoms with van der Waals surface area (Å²) in [5.41, 5.74) is 3.81. The lowest BCUT2D eigenvalue weighted by Gasteiger charge is -2.37. The van der Waals surface area contributed by atoms with Gasteiger partial charge in [0.25, 0.3) is 0 Å². The molecular weight excluding hydrogens is 456 g/mol. The van der Waals surface area contributed by atoms with Gasteiger partial charge in [0, 0.05) is 18.5 Å². The van der Waals surface area contributed by atoms with Gasteiger partial charge in [-0.25, -0.2) is 4.79 Å². The molecule has 0 saturated heterocycles. The third kappa shape index (κ3) is 6.12. The van der Waals surface area contributed by atoms with E-state index in [1.54, 1.807) is 19.2 Å². The SMILES string of the molecule is COCCOC(=O)C1=C(C)N(c2cccc(C)c2)C(=S)N[C@H]1c1ccc(OCCC(=O)O)cc1. The molecule has 0 saturated carbocycles. The molecule has 1 aliphatic heterocycles. The summed E-state index contributed by atoms with van der Waals surface area (Å²) in [5.74, 6) is -0.851. The Morgan fingerprint density at radius 3 is 2.47 bits per heavy atom. The minimum Gasteiger partial charge on any atom is -0.493 e. The summed E-state index contributed by atoms with van der Waals surface area (Å²) in [6, 6.07) is 14.4. The van der Waals surface area contributed by atoms with E-state index in [-0.39, 0.29) is 19.6 Å². The first kappa shape index (κ1) is 25.2. The highest BCUT2D eigenvalue weighted by Crippen LogP contribution is 2.35. The number of allylic oxidation sites excluding steroid dienone is 1. The molecule has 0 fully saturated rings. The number of thiocarbonyl (C=S) groups is 1. The van der Waals surface area contributed by atoms with Crippen molar-refractivity contribution in [1.82, 2.24) is 5.32 Å². The molecule has 3 rings (SSSR count). The molecule has 0 spiro atoms. The fourth-order valence-electron chi connectivity index (χ4n) is 3.64. The molecule has 1 atom stereocenters. The molecule has 2 N–H and O–H groups in total. The summed E-state index contributed by atoms with van der Waals surface area (Å²) < 4.78 is 16.0. The number of carboxylic acid groups (broad SMARTS) is 1. The zero-order valence-corrected chi connectivity index (χ0v) is 20.2. The molecule has 1 heterocycles. The zero-order valence-electron chi connectivity index (χ0n) is 19.4. The Labute approximate surface area is 204 Å². The summed E-state index contributed by atoms with van der Waals surface area (Å²) in [4.78, 5) is 25.7. The van der Waals surface area contributed by atoms with Crippen molar-refractivity contribution in [1.29, 1.82) is 0 Å². The van der Waals surface area contributed by atoms with Crippen molar-refractivity contribution >= 4 is 35.0 Å². The molecule has 2 aromatic carbocycles. The second kappa shape index (κ2) is 11.6. The number of hydrogen-bond acceptors (Lipinski definition) is 6. The smallest absolute Gasteiger partial charge is 0.338 e. The topological polar surface area (TPSA) is 97.3 Å². The van der Waals surface area contributed by atoms with Crippen LogP contribution in [0.1, 0.15) is 30.5 Å². The molecule has 1 aliphatic rings. The monoisotopic (exact) mass is 484 g/mol. The van der Waals surface area contributed by atoms with Gasteiger partial charge in [0.1, 0.15) is 12.4 Å². The summed E-state index contributed by atoms with van der Waals surface area (Å²) in [7, 11) is 1.54. The van der Waals surface area contributed by atoms with Gasteiger partial charge in [-0.15, -0.1) is 0 Å². The Balaban J connectivity index is 1.94. The molecule has 34 heavy (non-hydrogen) atoms. The van der Waals surface area contributed by atoms with Crippen LogP contribution in [0, 0.1) is 6.92 Å². The maximum Gasteiger partial charge on any atom is 0.338 e. The van der Waals surface area contributed by atoms with Crippen molar-refractivity contribution in [3.63, 3.8) is 0 Å². The fraction of sp³-hybridized carbons (Fsp3) is 0.320. The highest BCUT2D eigenvalue weighted by atomic mass is 32.1. The van der Waals surface area contributed by atoms with Crippen LogP contribution in [0.2, 0.25) is 0 Å². The van der Waals surface area contributed by atoms with Crippen LogP contribution in [0.25, 0.3) is 0 Å². The van der Waals surface area contributed by atoms with E-state index in [2.05, 4.69) is 5.32 Å². The first-order valence-electron chi connectivity index (χ1n) is 10.8. The van der Waals surface area contributed by atoms with Crippen LogP contribution in [-0.4, -0.2) is 49.1 Å². The van der Waals surface area contributed by atoms with E-state index in [0.29, 0.717) is 28.7 Å². The van der Waals surface area contributed by atoms with Crippen molar-refractivity contribution in [2.45, 2.75) is 26.3 Å². The number of aryl methyl sites for hydroxylation is 1. The summed E-state index contributed by atoms with van der Waals surface area (Å²) >= 11 is 5.69. The number of carbonyl (C=O) groups is 2. The first-order chi connectivity index (χ1) is 16.3. The van der Waals surface area contributed by atoms with E-state index in [0.717, 1.165) is 16.8 Å². The van der Waals surface area contributed by atoms with E-state index in [4.69, 9.17) is 31.5 Å². The van der Waals surface area contributed by atoms with Crippen LogP contribution in [0.15, 0.2) is 59.8 Å². The van der Waals surface area contributed by atoms with Gasteiger partial charge in [-0.1, -0.05) is 24.3 Å². The summed E-state index contributed by atoms with van der Waals surface area (Å²) in [5, 5.41) is 12.5. The predicted molar refractivity (Wildman–Crippen MR) is 132 cm³/mol. The molecule has 180 valence electrons. The van der Waals surface area contributed by atoms with Crippen molar-refractivity contribution < 1.29 is 28.9 Å². The number of ether oxygens (including phenoxy) is 3. The lowest BCUT2D eigenvalue weighted by Crippen LogP contribution is -2.48. The van der Waals surface area contributed by atoms with E-state index in [1.165, 1.54) is 0 Å². The van der Waals surface area contributed by atoms with Crippen molar-refractivity contribution in [2.24, 2.45) is 0 Å². The molecule has 8 nitrogen and oxygen atoms in total. The minimum absolute atomic E-state index is 0.0714. The lowest BCUT2D eigenvalue weighted by atomic mass is 9.94. The van der Waals surface area contributed by atoms with Crippen LogP contribution in [-0.2, 0) is 19.1 Å². The number of methoxy groups -OCH3 is 1. The van der Waals surface area contributed by atoms with E-state index < -0.39 is 18.0 Å². The summed E-state index contributed by atoms with van der Waals surface area (Å²) in [6.07, 6.45) is -0.0889. The average Bonchev–Trinajstić information content (AvgIpc) is 2.79. The number of benzene rings is 2. The molecular formula is C25H28N2O6S. The molecule has 2 aromatic rings. The Hall–Kier alpha value is -3.43. The van der Waals surface area contributed by atoms with Crippen molar-refractivity contribution in [3.8, 4) is 5.75 Å². The number of anilines is 1. The van der Waals surface area contributed by atoms with Gasteiger partial charge in [0.15, 0.2) is 5.11 Å². The van der Waals surface area contributed by atoms with Crippen molar-refractivity contribution in [2.75, 3.05) is 31.8 Å². The van der Waals surface area contributed by atoms with E-state index >= 15 is 0 Å². The summed E-state index contributed by atoms with van der Waals surface area (Å²) in [6.45, 7) is 4.33. The normalized spacial score (nSPS) is 15.7. The van der Waals surface area contributed by atoms with E-state index in [1.807, 2.05) is 55.1 Å². The number of esters is 1. The molecule has 0 aromatic heterocycles. The fourth-order valence-corrected chi connectivity index (χ4v) is 4.00. The molecule has 9 heteroatoms. The number of carboxylic acids is 1. The Bertz CT molecular complexity index is 1080.